The van der Waals surface area contributed by atoms with Gasteiger partial charge in [0.05, 0.1) is 5.69 Å². The molecule has 0 atom stereocenters. The predicted molar refractivity (Wildman–Crippen MR) is 90.3 cm³/mol. The molecular formula is C17H17N5O2. The first-order valence-electron chi connectivity index (χ1n) is 7.60. The minimum atomic E-state index is -0.340. The third kappa shape index (κ3) is 3.75. The maximum Gasteiger partial charge on any atom is 0.288 e. The van der Waals surface area contributed by atoms with E-state index in [-0.39, 0.29) is 24.2 Å². The quantitative estimate of drug-likeness (QED) is 0.847. The maximum atomic E-state index is 12.2. The molecule has 1 aromatic carbocycles. The Morgan fingerprint density at radius 3 is 2.79 bits per heavy atom. The number of anilines is 1. The fourth-order valence-electron chi connectivity index (χ4n) is 2.28. The van der Waals surface area contributed by atoms with E-state index in [1.165, 1.54) is 5.01 Å². The lowest BCUT2D eigenvalue weighted by Crippen LogP contribution is -2.55. The Morgan fingerprint density at radius 1 is 1.21 bits per heavy atom. The summed E-state index contributed by atoms with van der Waals surface area (Å²) in [5.41, 5.74) is 4.48. The SMILES string of the molecule is O=C(NCCc1cccnc1)C1=NCC(=O)N(c2ccccc2)N1. The topological polar surface area (TPSA) is 86.7 Å². The molecule has 0 spiro atoms. The van der Waals surface area contributed by atoms with Crippen LogP contribution in [0.5, 0.6) is 0 Å². The van der Waals surface area contributed by atoms with Crippen molar-refractivity contribution in [2.75, 3.05) is 18.1 Å². The number of rotatable bonds is 5. The van der Waals surface area contributed by atoms with Crippen LogP contribution >= 0.6 is 0 Å². The highest BCUT2D eigenvalue weighted by Gasteiger charge is 2.25. The molecule has 24 heavy (non-hydrogen) atoms. The summed E-state index contributed by atoms with van der Waals surface area (Å²) in [4.78, 5) is 32.2. The molecule has 0 fully saturated rings. The molecule has 1 aliphatic rings. The van der Waals surface area contributed by atoms with E-state index in [0.29, 0.717) is 18.7 Å². The molecule has 122 valence electrons. The van der Waals surface area contributed by atoms with Gasteiger partial charge in [-0.2, -0.15) is 0 Å². The Bertz CT molecular complexity index is 746. The van der Waals surface area contributed by atoms with Crippen molar-refractivity contribution in [2.24, 2.45) is 4.99 Å². The average molecular weight is 323 g/mol. The van der Waals surface area contributed by atoms with Gasteiger partial charge in [-0.1, -0.05) is 24.3 Å². The third-order valence-corrected chi connectivity index (χ3v) is 3.49. The molecule has 0 bridgehead atoms. The molecule has 2 amide bonds. The van der Waals surface area contributed by atoms with Gasteiger partial charge >= 0.3 is 0 Å². The number of pyridine rings is 1. The van der Waals surface area contributed by atoms with E-state index in [4.69, 9.17) is 0 Å². The number of amidine groups is 1. The van der Waals surface area contributed by atoms with Gasteiger partial charge in [0.25, 0.3) is 11.8 Å². The number of nitrogens with one attached hydrogen (secondary N) is 2. The number of para-hydroxylation sites is 1. The fourth-order valence-corrected chi connectivity index (χ4v) is 2.28. The average Bonchev–Trinajstić information content (AvgIpc) is 2.63. The van der Waals surface area contributed by atoms with E-state index in [0.717, 1.165) is 5.56 Å². The Morgan fingerprint density at radius 2 is 2.04 bits per heavy atom. The number of nitrogens with zero attached hydrogens (tertiary/aromatic N) is 3. The van der Waals surface area contributed by atoms with E-state index in [1.54, 1.807) is 24.5 Å². The molecular weight excluding hydrogens is 306 g/mol. The number of benzene rings is 1. The summed E-state index contributed by atoms with van der Waals surface area (Å²) < 4.78 is 0. The molecule has 2 N–H and O–H groups in total. The maximum absolute atomic E-state index is 12.2. The second-order valence-electron chi connectivity index (χ2n) is 5.21. The summed E-state index contributed by atoms with van der Waals surface area (Å²) in [6.45, 7) is 0.401. The van der Waals surface area contributed by atoms with Crippen molar-refractivity contribution in [2.45, 2.75) is 6.42 Å². The molecule has 2 aromatic rings. The number of aliphatic imine (C=N–C) groups is 1. The normalized spacial score (nSPS) is 13.9. The number of hydrogen-bond acceptors (Lipinski definition) is 5. The van der Waals surface area contributed by atoms with Crippen molar-refractivity contribution in [1.82, 2.24) is 15.7 Å². The number of aromatic nitrogens is 1. The van der Waals surface area contributed by atoms with Crippen LogP contribution in [0.1, 0.15) is 5.56 Å². The van der Waals surface area contributed by atoms with Crippen LogP contribution in [0.4, 0.5) is 5.69 Å². The Balaban J connectivity index is 1.58. The first-order valence-corrected chi connectivity index (χ1v) is 7.60. The number of carbonyl (C=O) groups is 2. The summed E-state index contributed by atoms with van der Waals surface area (Å²) in [6.07, 6.45) is 4.14. The van der Waals surface area contributed by atoms with Crippen molar-refractivity contribution in [3.05, 3.63) is 60.4 Å². The van der Waals surface area contributed by atoms with Crippen LogP contribution in [0.2, 0.25) is 0 Å². The van der Waals surface area contributed by atoms with E-state index >= 15 is 0 Å². The molecule has 2 heterocycles. The monoisotopic (exact) mass is 323 g/mol. The summed E-state index contributed by atoms with van der Waals surface area (Å²) >= 11 is 0. The van der Waals surface area contributed by atoms with E-state index in [1.807, 2.05) is 30.3 Å². The molecule has 7 nitrogen and oxygen atoms in total. The van der Waals surface area contributed by atoms with Gasteiger partial charge < -0.3 is 5.32 Å². The highest BCUT2D eigenvalue weighted by Crippen LogP contribution is 2.13. The smallest absolute Gasteiger partial charge is 0.288 e. The number of hydrazine groups is 1. The molecule has 1 aliphatic heterocycles. The highest BCUT2D eigenvalue weighted by molar-refractivity contribution is 6.39. The number of amides is 2. The van der Waals surface area contributed by atoms with Crippen LogP contribution in [0, 0.1) is 0 Å². The zero-order valence-corrected chi connectivity index (χ0v) is 13.0. The predicted octanol–water partition coefficient (Wildman–Crippen LogP) is 0.690. The first kappa shape index (κ1) is 15.7. The highest BCUT2D eigenvalue weighted by atomic mass is 16.2. The van der Waals surface area contributed by atoms with Gasteiger partial charge in [0.15, 0.2) is 0 Å². The number of hydrogen-bond donors (Lipinski definition) is 2. The minimum Gasteiger partial charge on any atom is -0.349 e. The summed E-state index contributed by atoms with van der Waals surface area (Å²) in [5.74, 6) is -0.426. The second-order valence-corrected chi connectivity index (χ2v) is 5.21. The second kappa shape index (κ2) is 7.36. The van der Waals surface area contributed by atoms with Crippen LogP contribution in [0.25, 0.3) is 0 Å². The van der Waals surface area contributed by atoms with Crippen LogP contribution in [0.15, 0.2) is 59.9 Å². The molecule has 1 aromatic heterocycles. The number of carbonyl (C=O) groups excluding carboxylic acids is 2. The lowest BCUT2D eigenvalue weighted by Gasteiger charge is -2.27. The lowest BCUT2D eigenvalue weighted by molar-refractivity contribution is -0.118. The molecule has 0 unspecified atom stereocenters. The van der Waals surface area contributed by atoms with E-state index in [9.17, 15) is 9.59 Å². The van der Waals surface area contributed by atoms with Crippen molar-refractivity contribution >= 4 is 23.3 Å². The van der Waals surface area contributed by atoms with Crippen LogP contribution in [-0.2, 0) is 16.0 Å². The molecule has 0 saturated carbocycles. The lowest BCUT2D eigenvalue weighted by atomic mass is 10.2. The standard InChI is InChI=1S/C17H17N5O2/c23-15-12-20-16(21-22(15)14-6-2-1-3-7-14)17(24)19-10-8-13-5-4-9-18-11-13/h1-7,9,11H,8,10,12H2,(H,19,24)(H,20,21). The largest absolute Gasteiger partial charge is 0.349 e. The zero-order chi connectivity index (χ0) is 16.8. The van der Waals surface area contributed by atoms with Gasteiger partial charge in [0.2, 0.25) is 5.84 Å². The van der Waals surface area contributed by atoms with Gasteiger partial charge in [0, 0.05) is 18.9 Å². The van der Waals surface area contributed by atoms with E-state index < -0.39 is 0 Å². The van der Waals surface area contributed by atoms with Crippen LogP contribution in [-0.4, -0.2) is 35.7 Å². The fraction of sp³-hybridized carbons (Fsp3) is 0.176. The van der Waals surface area contributed by atoms with Gasteiger partial charge in [-0.15, -0.1) is 0 Å². The van der Waals surface area contributed by atoms with Gasteiger partial charge in [0.1, 0.15) is 6.54 Å². The summed E-state index contributed by atoms with van der Waals surface area (Å²) in [7, 11) is 0. The van der Waals surface area contributed by atoms with Crippen molar-refractivity contribution in [3.8, 4) is 0 Å². The summed E-state index contributed by atoms with van der Waals surface area (Å²) in [6, 6.07) is 12.9. The van der Waals surface area contributed by atoms with Gasteiger partial charge in [-0.25, -0.2) is 5.01 Å². The molecule has 7 heteroatoms. The summed E-state index contributed by atoms with van der Waals surface area (Å²) in [5, 5.41) is 4.13. The molecule has 0 saturated heterocycles. The minimum absolute atomic E-state index is 0.0622. The molecule has 0 aliphatic carbocycles. The van der Waals surface area contributed by atoms with Crippen LogP contribution in [0.3, 0.4) is 0 Å². The first-order chi connectivity index (χ1) is 11.7. The van der Waals surface area contributed by atoms with Crippen molar-refractivity contribution in [3.63, 3.8) is 0 Å². The molecule has 3 rings (SSSR count). The van der Waals surface area contributed by atoms with E-state index in [2.05, 4.69) is 20.7 Å². The Labute approximate surface area is 139 Å². The van der Waals surface area contributed by atoms with Crippen molar-refractivity contribution < 1.29 is 9.59 Å². The van der Waals surface area contributed by atoms with Crippen LogP contribution < -0.4 is 15.8 Å². The van der Waals surface area contributed by atoms with Gasteiger partial charge in [-0.3, -0.25) is 25.0 Å². The Kier molecular flexibility index (Phi) is 4.81. The Hall–Kier alpha value is -3.22. The third-order valence-electron chi connectivity index (χ3n) is 3.49. The van der Waals surface area contributed by atoms with Crippen molar-refractivity contribution in [1.29, 1.82) is 0 Å². The zero-order valence-electron chi connectivity index (χ0n) is 13.0. The van der Waals surface area contributed by atoms with Gasteiger partial charge in [-0.05, 0) is 30.2 Å². The molecule has 0 radical (unpaired) electrons.